The van der Waals surface area contributed by atoms with E-state index in [1.165, 1.54) is 82.2 Å². The molecule has 3 nitrogen and oxygen atoms in total. The molecule has 9 aromatic carbocycles. The van der Waals surface area contributed by atoms with Gasteiger partial charge in [-0.2, -0.15) is 0 Å². The predicted molar refractivity (Wildman–Crippen MR) is 230 cm³/mol. The third-order valence-corrected chi connectivity index (χ3v) is 12.0. The molecule has 3 heterocycles. The van der Waals surface area contributed by atoms with Crippen molar-refractivity contribution in [3.05, 3.63) is 182 Å². The second kappa shape index (κ2) is 10.6. The van der Waals surface area contributed by atoms with E-state index in [1.807, 2.05) is 6.07 Å². The molecule has 1 aliphatic rings. The zero-order chi connectivity index (χ0) is 35.8. The molecule has 0 saturated carbocycles. The van der Waals surface area contributed by atoms with E-state index in [0.717, 1.165) is 38.8 Å². The molecule has 0 radical (unpaired) electrons. The Hall–Kier alpha value is -7.36. The van der Waals surface area contributed by atoms with Gasteiger partial charge in [0.1, 0.15) is 11.2 Å². The number of hydrogen-bond acceptors (Lipinski definition) is 1. The van der Waals surface area contributed by atoms with E-state index in [0.29, 0.717) is 0 Å². The normalized spacial score (nSPS) is 12.4. The maximum atomic E-state index is 6.55. The predicted octanol–water partition coefficient (Wildman–Crippen LogP) is 14.2. The number of aromatic nitrogens is 2. The van der Waals surface area contributed by atoms with Gasteiger partial charge < -0.3 is 13.6 Å². The highest BCUT2D eigenvalue weighted by atomic mass is 16.3. The molecule has 254 valence electrons. The zero-order valence-corrected chi connectivity index (χ0v) is 29.6. The summed E-state index contributed by atoms with van der Waals surface area (Å²) in [6.45, 7) is 0. The summed E-state index contributed by atoms with van der Waals surface area (Å²) in [7, 11) is 0. The summed E-state index contributed by atoms with van der Waals surface area (Å²) in [6.07, 6.45) is 0. The lowest BCUT2D eigenvalue weighted by Crippen LogP contribution is -1.95. The first kappa shape index (κ1) is 29.1. The Balaban J connectivity index is 1.13. The molecule has 0 amide bonds. The van der Waals surface area contributed by atoms with Crippen molar-refractivity contribution in [2.45, 2.75) is 0 Å². The van der Waals surface area contributed by atoms with Crippen LogP contribution in [0.3, 0.4) is 0 Å². The summed E-state index contributed by atoms with van der Waals surface area (Å²) >= 11 is 0. The van der Waals surface area contributed by atoms with Gasteiger partial charge in [0.15, 0.2) is 0 Å². The summed E-state index contributed by atoms with van der Waals surface area (Å²) in [5.41, 5.74) is 16.4. The third-order valence-electron chi connectivity index (χ3n) is 12.0. The molecule has 0 fully saturated rings. The Morgan fingerprint density at radius 1 is 0.309 bits per heavy atom. The van der Waals surface area contributed by atoms with Crippen LogP contribution in [-0.4, -0.2) is 9.13 Å². The Bertz CT molecular complexity index is 3570. The molecule has 13 rings (SSSR count). The van der Waals surface area contributed by atoms with Gasteiger partial charge in [0.2, 0.25) is 0 Å². The largest absolute Gasteiger partial charge is 0.456 e. The average Bonchev–Trinajstić information content (AvgIpc) is 3.97. The van der Waals surface area contributed by atoms with Crippen molar-refractivity contribution in [3.63, 3.8) is 0 Å². The van der Waals surface area contributed by atoms with Crippen LogP contribution in [0.25, 0.3) is 121 Å². The van der Waals surface area contributed by atoms with Crippen molar-refractivity contribution in [3.8, 4) is 44.8 Å². The first-order chi connectivity index (χ1) is 27.3. The molecule has 0 saturated heterocycles. The van der Waals surface area contributed by atoms with Crippen LogP contribution in [0.5, 0.6) is 0 Å². The highest BCUT2D eigenvalue weighted by Gasteiger charge is 2.25. The van der Waals surface area contributed by atoms with Gasteiger partial charge in [0.05, 0.1) is 22.1 Å². The maximum absolute atomic E-state index is 6.55. The molecular formula is C52H30N2O. The Labute approximate surface area is 315 Å². The van der Waals surface area contributed by atoms with Gasteiger partial charge in [-0.15, -0.1) is 0 Å². The molecule has 0 aliphatic heterocycles. The van der Waals surface area contributed by atoms with E-state index in [9.17, 15) is 0 Å². The van der Waals surface area contributed by atoms with Crippen LogP contribution in [0.15, 0.2) is 186 Å². The Kier molecular flexibility index (Phi) is 5.63. The average molecular weight is 699 g/mol. The molecule has 3 heteroatoms. The SMILES string of the molecule is c1ccc(-c2ccc(-n3c4ccccc4c4c5c6cc7c(cc6n(-c6ccc8c(c6)-c6cccc9cccc-8c69)c5ccc43)oc3ccccc37)cc2)cc1. The summed E-state index contributed by atoms with van der Waals surface area (Å²) < 4.78 is 11.4. The van der Waals surface area contributed by atoms with Crippen molar-refractivity contribution in [1.29, 1.82) is 0 Å². The molecule has 0 bridgehead atoms. The van der Waals surface area contributed by atoms with Gasteiger partial charge in [0.25, 0.3) is 0 Å². The standard InChI is InChI=1S/C52H30N2O/c1-2-10-31(11-3-1)32-20-22-34(23-21-32)53-44-18-6-4-15-40(44)51-45(53)26-27-46-52(51)43-29-42-37-14-5-7-19-48(37)55-49(42)30-47(43)54(46)35-24-25-36-38-16-8-12-33-13-9-17-39(50(33)38)41(36)28-35/h1-30H. The summed E-state index contributed by atoms with van der Waals surface area (Å²) in [5, 5.41) is 9.86. The second-order valence-corrected chi connectivity index (χ2v) is 14.9. The van der Waals surface area contributed by atoms with E-state index < -0.39 is 0 Å². The van der Waals surface area contributed by atoms with Crippen LogP contribution < -0.4 is 0 Å². The minimum Gasteiger partial charge on any atom is -0.456 e. The van der Waals surface area contributed by atoms with Crippen molar-refractivity contribution < 1.29 is 4.42 Å². The number of furan rings is 1. The fourth-order valence-electron chi connectivity index (χ4n) is 9.69. The second-order valence-electron chi connectivity index (χ2n) is 14.9. The highest BCUT2D eigenvalue weighted by Crippen LogP contribution is 2.49. The fraction of sp³-hybridized carbons (Fsp3) is 0. The van der Waals surface area contributed by atoms with Crippen molar-refractivity contribution in [2.75, 3.05) is 0 Å². The van der Waals surface area contributed by atoms with Crippen molar-refractivity contribution in [2.24, 2.45) is 0 Å². The molecular weight excluding hydrogens is 669 g/mol. The maximum Gasteiger partial charge on any atom is 0.137 e. The van der Waals surface area contributed by atoms with Gasteiger partial charge in [-0.1, -0.05) is 121 Å². The smallest absolute Gasteiger partial charge is 0.137 e. The van der Waals surface area contributed by atoms with Crippen LogP contribution in [0.1, 0.15) is 0 Å². The molecule has 55 heavy (non-hydrogen) atoms. The summed E-state index contributed by atoms with van der Waals surface area (Å²) in [5.74, 6) is 0. The van der Waals surface area contributed by atoms with Gasteiger partial charge in [0, 0.05) is 49.8 Å². The fourth-order valence-corrected chi connectivity index (χ4v) is 9.69. The molecule has 0 N–H and O–H groups in total. The van der Waals surface area contributed by atoms with E-state index in [4.69, 9.17) is 4.42 Å². The van der Waals surface area contributed by atoms with E-state index in [1.54, 1.807) is 0 Å². The van der Waals surface area contributed by atoms with Crippen LogP contribution in [-0.2, 0) is 0 Å². The number of fused-ring (bicyclic) bond motifs is 13. The lowest BCUT2D eigenvalue weighted by molar-refractivity contribution is 0.669. The minimum absolute atomic E-state index is 0.897. The molecule has 0 atom stereocenters. The molecule has 3 aromatic heterocycles. The zero-order valence-electron chi connectivity index (χ0n) is 29.6. The number of para-hydroxylation sites is 2. The van der Waals surface area contributed by atoms with Gasteiger partial charge in [-0.05, 0) is 98.8 Å². The lowest BCUT2D eigenvalue weighted by Gasteiger charge is -2.12. The van der Waals surface area contributed by atoms with Crippen LogP contribution in [0, 0.1) is 0 Å². The van der Waals surface area contributed by atoms with E-state index in [-0.39, 0.29) is 0 Å². The third kappa shape index (κ3) is 3.89. The number of benzene rings is 9. The van der Waals surface area contributed by atoms with Crippen LogP contribution >= 0.6 is 0 Å². The minimum atomic E-state index is 0.897. The van der Waals surface area contributed by atoms with Crippen LogP contribution in [0.2, 0.25) is 0 Å². The lowest BCUT2D eigenvalue weighted by atomic mass is 10.0. The number of nitrogens with zero attached hydrogens (tertiary/aromatic N) is 2. The van der Waals surface area contributed by atoms with Gasteiger partial charge in [-0.3, -0.25) is 0 Å². The Morgan fingerprint density at radius 2 is 0.964 bits per heavy atom. The summed E-state index contributed by atoms with van der Waals surface area (Å²) in [4.78, 5) is 0. The molecule has 1 aliphatic carbocycles. The monoisotopic (exact) mass is 698 g/mol. The summed E-state index contributed by atoms with van der Waals surface area (Å²) in [6, 6.07) is 66.5. The first-order valence-corrected chi connectivity index (χ1v) is 18.9. The van der Waals surface area contributed by atoms with Gasteiger partial charge >= 0.3 is 0 Å². The molecule has 0 spiro atoms. The first-order valence-electron chi connectivity index (χ1n) is 18.9. The number of rotatable bonds is 3. The topological polar surface area (TPSA) is 23.0 Å². The van der Waals surface area contributed by atoms with Crippen molar-refractivity contribution >= 4 is 76.3 Å². The highest BCUT2D eigenvalue weighted by molar-refractivity contribution is 6.30. The molecule has 12 aromatic rings. The van der Waals surface area contributed by atoms with Gasteiger partial charge in [-0.25, -0.2) is 0 Å². The van der Waals surface area contributed by atoms with E-state index >= 15 is 0 Å². The molecule has 0 unspecified atom stereocenters. The Morgan fingerprint density at radius 3 is 1.78 bits per heavy atom. The van der Waals surface area contributed by atoms with Crippen LogP contribution in [0.4, 0.5) is 0 Å². The quantitative estimate of drug-likeness (QED) is 0.180. The van der Waals surface area contributed by atoms with E-state index in [2.05, 4.69) is 185 Å². The van der Waals surface area contributed by atoms with Crippen molar-refractivity contribution in [1.82, 2.24) is 9.13 Å². The number of hydrogen-bond donors (Lipinski definition) is 0.